The first-order chi connectivity index (χ1) is 8.97. The first-order valence-corrected chi connectivity index (χ1v) is 7.61. The standard InChI is InChI=1S/C15H28N2O2/c1-15(2,3)14(18)17-8-6-12(7-9-17)16-11-13-5-4-10-19-13/h12-13,16H,4-11H2,1-3H3. The van der Waals surface area contributed by atoms with Gasteiger partial charge in [-0.25, -0.2) is 0 Å². The van der Waals surface area contributed by atoms with Crippen LogP contribution < -0.4 is 5.32 Å². The monoisotopic (exact) mass is 268 g/mol. The van der Waals surface area contributed by atoms with E-state index in [2.05, 4.69) is 5.32 Å². The van der Waals surface area contributed by atoms with Crippen LogP contribution in [0.3, 0.4) is 0 Å². The van der Waals surface area contributed by atoms with E-state index in [1.165, 1.54) is 12.8 Å². The molecule has 0 radical (unpaired) electrons. The van der Waals surface area contributed by atoms with Gasteiger partial charge in [0.2, 0.25) is 5.91 Å². The fourth-order valence-corrected chi connectivity index (χ4v) is 2.86. The third kappa shape index (κ3) is 4.18. The van der Waals surface area contributed by atoms with Crippen molar-refractivity contribution in [2.45, 2.75) is 58.6 Å². The Kier molecular flexibility index (Phi) is 4.85. The molecule has 1 amide bonds. The maximum atomic E-state index is 12.2. The Labute approximate surface area is 116 Å². The molecule has 1 unspecified atom stereocenters. The largest absolute Gasteiger partial charge is 0.377 e. The van der Waals surface area contributed by atoms with Crippen molar-refractivity contribution in [1.82, 2.24) is 10.2 Å². The van der Waals surface area contributed by atoms with E-state index in [0.29, 0.717) is 12.1 Å². The SMILES string of the molecule is CC(C)(C)C(=O)N1CCC(NCC2CCCO2)CC1. The van der Waals surface area contributed by atoms with Crippen molar-refractivity contribution in [2.75, 3.05) is 26.2 Å². The molecular weight excluding hydrogens is 240 g/mol. The van der Waals surface area contributed by atoms with Crippen LogP contribution in [-0.2, 0) is 9.53 Å². The normalized spacial score (nSPS) is 25.8. The Morgan fingerprint density at radius 1 is 1.26 bits per heavy atom. The van der Waals surface area contributed by atoms with E-state index >= 15 is 0 Å². The summed E-state index contributed by atoms with van der Waals surface area (Å²) in [5.74, 6) is 0.282. The van der Waals surface area contributed by atoms with Crippen molar-refractivity contribution in [3.8, 4) is 0 Å². The Morgan fingerprint density at radius 3 is 2.47 bits per heavy atom. The van der Waals surface area contributed by atoms with Crippen LogP contribution in [0.4, 0.5) is 0 Å². The van der Waals surface area contributed by atoms with Crippen LogP contribution in [0.2, 0.25) is 0 Å². The van der Waals surface area contributed by atoms with Crippen molar-refractivity contribution in [2.24, 2.45) is 5.41 Å². The molecule has 19 heavy (non-hydrogen) atoms. The van der Waals surface area contributed by atoms with Crippen LogP contribution in [0.15, 0.2) is 0 Å². The second-order valence-electron chi connectivity index (χ2n) is 6.86. The number of amides is 1. The molecule has 4 heteroatoms. The van der Waals surface area contributed by atoms with Crippen molar-refractivity contribution in [3.63, 3.8) is 0 Å². The van der Waals surface area contributed by atoms with Gasteiger partial charge in [-0.2, -0.15) is 0 Å². The molecule has 2 heterocycles. The van der Waals surface area contributed by atoms with E-state index in [9.17, 15) is 4.79 Å². The lowest BCUT2D eigenvalue weighted by molar-refractivity contribution is -0.140. The molecular formula is C15H28N2O2. The zero-order chi connectivity index (χ0) is 13.9. The second-order valence-corrected chi connectivity index (χ2v) is 6.86. The molecule has 0 aromatic carbocycles. The van der Waals surface area contributed by atoms with Gasteiger partial charge in [-0.05, 0) is 25.7 Å². The van der Waals surface area contributed by atoms with Crippen LogP contribution in [-0.4, -0.2) is 49.2 Å². The van der Waals surface area contributed by atoms with E-state index in [0.717, 1.165) is 39.1 Å². The van der Waals surface area contributed by atoms with Crippen molar-refractivity contribution >= 4 is 5.91 Å². The summed E-state index contributed by atoms with van der Waals surface area (Å²) in [4.78, 5) is 14.2. The van der Waals surface area contributed by atoms with Gasteiger partial charge in [0.15, 0.2) is 0 Å². The number of carbonyl (C=O) groups is 1. The molecule has 0 aromatic heterocycles. The van der Waals surface area contributed by atoms with Gasteiger partial charge in [0, 0.05) is 37.7 Å². The second kappa shape index (κ2) is 6.23. The lowest BCUT2D eigenvalue weighted by Gasteiger charge is -2.36. The van der Waals surface area contributed by atoms with E-state index in [4.69, 9.17) is 4.74 Å². The van der Waals surface area contributed by atoms with Gasteiger partial charge in [0.05, 0.1) is 6.10 Å². The highest BCUT2D eigenvalue weighted by atomic mass is 16.5. The summed E-state index contributed by atoms with van der Waals surface area (Å²) in [7, 11) is 0. The van der Waals surface area contributed by atoms with Gasteiger partial charge in [0.1, 0.15) is 0 Å². The summed E-state index contributed by atoms with van der Waals surface area (Å²) < 4.78 is 5.62. The Morgan fingerprint density at radius 2 is 1.95 bits per heavy atom. The minimum atomic E-state index is -0.252. The van der Waals surface area contributed by atoms with Crippen LogP contribution in [0.1, 0.15) is 46.5 Å². The Hall–Kier alpha value is -0.610. The highest BCUT2D eigenvalue weighted by molar-refractivity contribution is 5.81. The molecule has 4 nitrogen and oxygen atoms in total. The molecule has 2 rings (SSSR count). The lowest BCUT2D eigenvalue weighted by atomic mass is 9.93. The molecule has 0 spiro atoms. The van der Waals surface area contributed by atoms with Gasteiger partial charge < -0.3 is 15.0 Å². The molecule has 0 aliphatic carbocycles. The number of nitrogens with one attached hydrogen (secondary N) is 1. The summed E-state index contributed by atoms with van der Waals surface area (Å²) in [6.07, 6.45) is 4.93. The van der Waals surface area contributed by atoms with Gasteiger partial charge >= 0.3 is 0 Å². The number of carbonyl (C=O) groups excluding carboxylic acids is 1. The number of ether oxygens (including phenoxy) is 1. The van der Waals surface area contributed by atoms with Gasteiger partial charge in [-0.3, -0.25) is 4.79 Å². The molecule has 0 saturated carbocycles. The molecule has 2 saturated heterocycles. The molecule has 1 atom stereocenters. The van der Waals surface area contributed by atoms with Crippen LogP contribution in [0, 0.1) is 5.41 Å². The summed E-state index contributed by atoms with van der Waals surface area (Å²) >= 11 is 0. The van der Waals surface area contributed by atoms with E-state index in [1.54, 1.807) is 0 Å². The van der Waals surface area contributed by atoms with Crippen LogP contribution in [0.25, 0.3) is 0 Å². The summed E-state index contributed by atoms with van der Waals surface area (Å²) in [5, 5.41) is 3.60. The zero-order valence-electron chi connectivity index (χ0n) is 12.6. The molecule has 1 N–H and O–H groups in total. The summed E-state index contributed by atoms with van der Waals surface area (Å²) in [5.41, 5.74) is -0.252. The number of likely N-dealkylation sites (tertiary alicyclic amines) is 1. The topological polar surface area (TPSA) is 41.6 Å². The fraction of sp³-hybridized carbons (Fsp3) is 0.933. The van der Waals surface area contributed by atoms with Gasteiger partial charge in [0.25, 0.3) is 0 Å². The molecule has 2 aliphatic rings. The van der Waals surface area contributed by atoms with Gasteiger partial charge in [-0.1, -0.05) is 20.8 Å². The molecule has 0 aromatic rings. The average molecular weight is 268 g/mol. The smallest absolute Gasteiger partial charge is 0.227 e. The Balaban J connectivity index is 1.68. The molecule has 2 fully saturated rings. The molecule has 2 aliphatic heterocycles. The third-order valence-electron chi connectivity index (χ3n) is 4.08. The van der Waals surface area contributed by atoms with Crippen LogP contribution in [0.5, 0.6) is 0 Å². The van der Waals surface area contributed by atoms with E-state index in [1.807, 2.05) is 25.7 Å². The maximum Gasteiger partial charge on any atom is 0.227 e. The van der Waals surface area contributed by atoms with Crippen LogP contribution >= 0.6 is 0 Å². The first kappa shape index (κ1) is 14.8. The highest BCUT2D eigenvalue weighted by Crippen LogP contribution is 2.21. The zero-order valence-corrected chi connectivity index (χ0v) is 12.6. The van der Waals surface area contributed by atoms with Crippen molar-refractivity contribution < 1.29 is 9.53 Å². The van der Waals surface area contributed by atoms with E-state index in [-0.39, 0.29) is 11.3 Å². The number of nitrogens with zero attached hydrogens (tertiary/aromatic N) is 1. The van der Waals surface area contributed by atoms with E-state index < -0.39 is 0 Å². The minimum Gasteiger partial charge on any atom is -0.377 e. The number of hydrogen-bond donors (Lipinski definition) is 1. The predicted octanol–water partition coefficient (Wildman–Crippen LogP) is 1.79. The van der Waals surface area contributed by atoms with Crippen molar-refractivity contribution in [1.29, 1.82) is 0 Å². The molecule has 0 bridgehead atoms. The predicted molar refractivity (Wildman–Crippen MR) is 76.0 cm³/mol. The quantitative estimate of drug-likeness (QED) is 0.848. The van der Waals surface area contributed by atoms with Gasteiger partial charge in [-0.15, -0.1) is 0 Å². The fourth-order valence-electron chi connectivity index (χ4n) is 2.86. The van der Waals surface area contributed by atoms with Crippen molar-refractivity contribution in [3.05, 3.63) is 0 Å². The average Bonchev–Trinajstić information content (AvgIpc) is 2.88. The number of piperidine rings is 1. The molecule has 110 valence electrons. The summed E-state index contributed by atoms with van der Waals surface area (Å²) in [6, 6.07) is 0.549. The summed E-state index contributed by atoms with van der Waals surface area (Å²) in [6.45, 7) is 9.66. The first-order valence-electron chi connectivity index (χ1n) is 7.61. The Bertz CT molecular complexity index is 298. The number of hydrogen-bond acceptors (Lipinski definition) is 3. The third-order valence-corrected chi connectivity index (χ3v) is 4.08. The number of rotatable bonds is 3. The lowest BCUT2D eigenvalue weighted by Crippen LogP contribution is -2.49. The highest BCUT2D eigenvalue weighted by Gasteiger charge is 2.30. The maximum absolute atomic E-state index is 12.2. The minimum absolute atomic E-state index is 0.252.